The van der Waals surface area contributed by atoms with Crippen molar-refractivity contribution in [2.24, 2.45) is 7.05 Å². The van der Waals surface area contributed by atoms with Gasteiger partial charge in [0.2, 0.25) is 5.91 Å². The maximum Gasteiger partial charge on any atom is 0.223 e. The first-order chi connectivity index (χ1) is 11.6. The highest BCUT2D eigenvalue weighted by Gasteiger charge is 2.28. The van der Waals surface area contributed by atoms with Crippen molar-refractivity contribution in [2.45, 2.75) is 32.7 Å². The molecule has 6 heteroatoms. The van der Waals surface area contributed by atoms with Crippen LogP contribution in [0.2, 0.25) is 0 Å². The van der Waals surface area contributed by atoms with Gasteiger partial charge in [-0.1, -0.05) is 6.07 Å². The molecule has 24 heavy (non-hydrogen) atoms. The lowest BCUT2D eigenvalue weighted by atomic mass is 10.0. The van der Waals surface area contributed by atoms with E-state index in [4.69, 9.17) is 0 Å². The molecule has 1 aliphatic heterocycles. The van der Waals surface area contributed by atoms with Crippen molar-refractivity contribution in [1.82, 2.24) is 25.0 Å². The van der Waals surface area contributed by atoms with Gasteiger partial charge in [-0.25, -0.2) is 0 Å². The standard InChI is InChI=1S/C18H25N5O/c1-13-16(14(2)22(3)21-13)6-7-18(24)23-10-9-20-12-17(23)15-5-4-8-19-11-15/h4-5,8,11,17,20H,6-7,9-10,12H2,1-3H3. The maximum absolute atomic E-state index is 12.8. The minimum Gasteiger partial charge on any atom is -0.333 e. The lowest BCUT2D eigenvalue weighted by Gasteiger charge is -2.36. The Morgan fingerprint density at radius 1 is 1.42 bits per heavy atom. The van der Waals surface area contributed by atoms with Crippen molar-refractivity contribution in [3.8, 4) is 0 Å². The van der Waals surface area contributed by atoms with Crippen LogP contribution >= 0.6 is 0 Å². The lowest BCUT2D eigenvalue weighted by molar-refractivity contribution is -0.134. The van der Waals surface area contributed by atoms with Crippen molar-refractivity contribution < 1.29 is 4.79 Å². The molecule has 0 aliphatic carbocycles. The smallest absolute Gasteiger partial charge is 0.223 e. The summed E-state index contributed by atoms with van der Waals surface area (Å²) >= 11 is 0. The summed E-state index contributed by atoms with van der Waals surface area (Å²) in [6.07, 6.45) is 4.88. The quantitative estimate of drug-likeness (QED) is 0.925. The van der Waals surface area contributed by atoms with Gasteiger partial charge in [0.25, 0.3) is 0 Å². The Labute approximate surface area is 142 Å². The van der Waals surface area contributed by atoms with Gasteiger partial charge in [-0.15, -0.1) is 0 Å². The normalized spacial score (nSPS) is 18.0. The monoisotopic (exact) mass is 327 g/mol. The van der Waals surface area contributed by atoms with Gasteiger partial charge in [-0.3, -0.25) is 14.5 Å². The van der Waals surface area contributed by atoms with Crippen LogP contribution in [0.1, 0.15) is 35.0 Å². The molecule has 0 bridgehead atoms. The van der Waals surface area contributed by atoms with Gasteiger partial charge >= 0.3 is 0 Å². The fourth-order valence-electron chi connectivity index (χ4n) is 3.43. The molecule has 3 rings (SSSR count). The number of carbonyl (C=O) groups excluding carboxylic acids is 1. The van der Waals surface area contributed by atoms with Gasteiger partial charge in [0.15, 0.2) is 0 Å². The van der Waals surface area contributed by atoms with Crippen LogP contribution in [0.4, 0.5) is 0 Å². The fourth-order valence-corrected chi connectivity index (χ4v) is 3.43. The Kier molecular flexibility index (Phi) is 4.94. The summed E-state index contributed by atoms with van der Waals surface area (Å²) in [4.78, 5) is 19.0. The molecule has 1 aliphatic rings. The van der Waals surface area contributed by atoms with E-state index < -0.39 is 0 Å². The molecule has 2 aromatic rings. The molecule has 0 radical (unpaired) electrons. The van der Waals surface area contributed by atoms with Crippen LogP contribution in [0.3, 0.4) is 0 Å². The number of pyridine rings is 1. The summed E-state index contributed by atoms with van der Waals surface area (Å²) in [5.74, 6) is 0.202. The minimum atomic E-state index is 0.0658. The van der Waals surface area contributed by atoms with E-state index in [9.17, 15) is 4.79 Å². The second-order valence-electron chi connectivity index (χ2n) is 6.37. The molecule has 3 heterocycles. The maximum atomic E-state index is 12.8. The zero-order valence-electron chi connectivity index (χ0n) is 14.6. The Bertz CT molecular complexity index is 710. The van der Waals surface area contributed by atoms with Gasteiger partial charge in [0, 0.05) is 51.2 Å². The van der Waals surface area contributed by atoms with Crippen molar-refractivity contribution >= 4 is 5.91 Å². The molecule has 1 unspecified atom stereocenters. The highest BCUT2D eigenvalue weighted by Crippen LogP contribution is 2.23. The average Bonchev–Trinajstić information content (AvgIpc) is 2.85. The number of hydrogen-bond acceptors (Lipinski definition) is 4. The molecule has 0 spiro atoms. The molecular weight excluding hydrogens is 302 g/mol. The molecule has 1 N–H and O–H groups in total. The van der Waals surface area contributed by atoms with Crippen LogP contribution in [-0.4, -0.2) is 45.2 Å². The molecule has 128 valence electrons. The van der Waals surface area contributed by atoms with Crippen LogP contribution in [0.15, 0.2) is 24.5 Å². The Morgan fingerprint density at radius 2 is 2.25 bits per heavy atom. The zero-order valence-corrected chi connectivity index (χ0v) is 14.6. The van der Waals surface area contributed by atoms with Crippen LogP contribution in [0.25, 0.3) is 0 Å². The van der Waals surface area contributed by atoms with E-state index in [1.807, 2.05) is 41.9 Å². The van der Waals surface area contributed by atoms with Crippen molar-refractivity contribution in [1.29, 1.82) is 0 Å². The highest BCUT2D eigenvalue weighted by molar-refractivity contribution is 5.77. The molecule has 6 nitrogen and oxygen atoms in total. The van der Waals surface area contributed by atoms with Crippen LogP contribution < -0.4 is 5.32 Å². The first-order valence-electron chi connectivity index (χ1n) is 8.47. The van der Waals surface area contributed by atoms with E-state index in [1.54, 1.807) is 6.20 Å². The molecule has 1 atom stereocenters. The Balaban J connectivity index is 1.70. The number of rotatable bonds is 4. The molecule has 1 fully saturated rings. The SMILES string of the molecule is Cc1nn(C)c(C)c1CCC(=O)N1CCNCC1c1cccnc1. The first kappa shape index (κ1) is 16.6. The third-order valence-electron chi connectivity index (χ3n) is 4.88. The van der Waals surface area contributed by atoms with E-state index in [0.29, 0.717) is 6.42 Å². The number of hydrogen-bond donors (Lipinski definition) is 1. The zero-order chi connectivity index (χ0) is 17.1. The third-order valence-corrected chi connectivity index (χ3v) is 4.88. The number of aryl methyl sites for hydroxylation is 2. The number of aromatic nitrogens is 3. The number of piperazine rings is 1. The van der Waals surface area contributed by atoms with Crippen LogP contribution in [0.5, 0.6) is 0 Å². The average molecular weight is 327 g/mol. The largest absolute Gasteiger partial charge is 0.333 e. The molecular formula is C18H25N5O. The lowest BCUT2D eigenvalue weighted by Crippen LogP contribution is -2.48. The molecule has 1 saturated heterocycles. The molecule has 0 aromatic carbocycles. The number of amides is 1. The topological polar surface area (TPSA) is 63.1 Å². The predicted molar refractivity (Wildman–Crippen MR) is 92.6 cm³/mol. The Morgan fingerprint density at radius 3 is 2.92 bits per heavy atom. The summed E-state index contributed by atoms with van der Waals surface area (Å²) in [5.41, 5.74) is 4.45. The van der Waals surface area contributed by atoms with E-state index in [-0.39, 0.29) is 11.9 Å². The molecule has 1 amide bonds. The molecule has 2 aromatic heterocycles. The van der Waals surface area contributed by atoms with E-state index in [1.165, 1.54) is 5.56 Å². The minimum absolute atomic E-state index is 0.0658. The second-order valence-corrected chi connectivity index (χ2v) is 6.37. The number of nitrogens with zero attached hydrogens (tertiary/aromatic N) is 4. The van der Waals surface area contributed by atoms with E-state index >= 15 is 0 Å². The molecule has 0 saturated carbocycles. The summed E-state index contributed by atoms with van der Waals surface area (Å²) < 4.78 is 1.89. The van der Waals surface area contributed by atoms with Crippen molar-refractivity contribution in [3.63, 3.8) is 0 Å². The van der Waals surface area contributed by atoms with Crippen molar-refractivity contribution in [3.05, 3.63) is 47.0 Å². The summed E-state index contributed by atoms with van der Waals surface area (Å²) in [7, 11) is 1.95. The van der Waals surface area contributed by atoms with Gasteiger partial charge < -0.3 is 10.2 Å². The third kappa shape index (κ3) is 3.33. The van der Waals surface area contributed by atoms with E-state index in [2.05, 4.69) is 22.3 Å². The predicted octanol–water partition coefficient (Wildman–Crippen LogP) is 1.54. The number of nitrogens with one attached hydrogen (secondary N) is 1. The van der Waals surface area contributed by atoms with Crippen LogP contribution in [-0.2, 0) is 18.3 Å². The summed E-state index contributed by atoms with van der Waals surface area (Å²) in [6.45, 7) is 6.43. The van der Waals surface area contributed by atoms with Gasteiger partial charge in [0.1, 0.15) is 0 Å². The van der Waals surface area contributed by atoms with Crippen LogP contribution in [0, 0.1) is 13.8 Å². The summed E-state index contributed by atoms with van der Waals surface area (Å²) in [6, 6.07) is 4.03. The van der Waals surface area contributed by atoms with Gasteiger partial charge in [-0.05, 0) is 37.5 Å². The van der Waals surface area contributed by atoms with E-state index in [0.717, 1.165) is 43.0 Å². The Hall–Kier alpha value is -2.21. The number of carbonyl (C=O) groups is 1. The van der Waals surface area contributed by atoms with Crippen molar-refractivity contribution in [2.75, 3.05) is 19.6 Å². The second kappa shape index (κ2) is 7.13. The fraction of sp³-hybridized carbons (Fsp3) is 0.500. The first-order valence-corrected chi connectivity index (χ1v) is 8.47. The van der Waals surface area contributed by atoms with Gasteiger partial charge in [0.05, 0.1) is 11.7 Å². The van der Waals surface area contributed by atoms with Gasteiger partial charge in [-0.2, -0.15) is 5.10 Å². The highest BCUT2D eigenvalue weighted by atomic mass is 16.2. The summed E-state index contributed by atoms with van der Waals surface area (Å²) in [5, 5.41) is 7.82.